The molecule has 0 saturated heterocycles. The number of hydrogen-bond acceptors (Lipinski definition) is 3. The van der Waals surface area contributed by atoms with Crippen LogP contribution in [0.15, 0.2) is 24.3 Å². The summed E-state index contributed by atoms with van der Waals surface area (Å²) in [6, 6.07) is 7.66. The minimum Gasteiger partial charge on any atom is -0.444 e. The maximum atomic E-state index is 12.4. The van der Waals surface area contributed by atoms with Gasteiger partial charge in [-0.25, -0.2) is 4.79 Å². The Labute approximate surface area is 163 Å². The first-order valence-electron chi connectivity index (χ1n) is 10.1. The SMILES string of the molecule is CCN(Cc1ccccc1NC(=O)CCC1CCCC1)C(=O)OC(C)(C)C. The largest absolute Gasteiger partial charge is 0.444 e. The summed E-state index contributed by atoms with van der Waals surface area (Å²) >= 11 is 0. The number of nitrogens with zero attached hydrogens (tertiary/aromatic N) is 1. The van der Waals surface area contributed by atoms with E-state index in [4.69, 9.17) is 4.74 Å². The summed E-state index contributed by atoms with van der Waals surface area (Å²) in [6.45, 7) is 8.45. The third-order valence-corrected chi connectivity index (χ3v) is 4.94. The highest BCUT2D eigenvalue weighted by Gasteiger charge is 2.22. The Bertz CT molecular complexity index is 631. The van der Waals surface area contributed by atoms with Gasteiger partial charge >= 0.3 is 6.09 Å². The number of amides is 2. The molecular weight excluding hydrogens is 340 g/mol. The van der Waals surface area contributed by atoms with E-state index in [1.807, 2.05) is 52.0 Å². The summed E-state index contributed by atoms with van der Waals surface area (Å²) in [4.78, 5) is 26.4. The molecule has 1 fully saturated rings. The zero-order valence-corrected chi connectivity index (χ0v) is 17.2. The van der Waals surface area contributed by atoms with Gasteiger partial charge in [-0.2, -0.15) is 0 Å². The van der Waals surface area contributed by atoms with Gasteiger partial charge in [-0.3, -0.25) is 4.79 Å². The molecule has 1 N–H and O–H groups in total. The summed E-state index contributed by atoms with van der Waals surface area (Å²) in [7, 11) is 0. The Kier molecular flexibility index (Phi) is 7.69. The van der Waals surface area contributed by atoms with E-state index in [-0.39, 0.29) is 12.0 Å². The number of carbonyl (C=O) groups is 2. The Morgan fingerprint density at radius 2 is 1.85 bits per heavy atom. The molecule has 1 saturated carbocycles. The highest BCUT2D eigenvalue weighted by molar-refractivity contribution is 5.91. The molecular formula is C22H34N2O3. The van der Waals surface area contributed by atoms with E-state index in [1.54, 1.807) is 4.90 Å². The number of nitrogens with one attached hydrogen (secondary N) is 1. The quantitative estimate of drug-likeness (QED) is 0.699. The Morgan fingerprint density at radius 3 is 2.48 bits per heavy atom. The van der Waals surface area contributed by atoms with Gasteiger partial charge in [0.2, 0.25) is 5.91 Å². The van der Waals surface area contributed by atoms with Crippen molar-refractivity contribution in [3.05, 3.63) is 29.8 Å². The smallest absolute Gasteiger partial charge is 0.410 e. The molecule has 0 radical (unpaired) electrons. The van der Waals surface area contributed by atoms with Crippen LogP contribution >= 0.6 is 0 Å². The molecule has 1 aromatic carbocycles. The van der Waals surface area contributed by atoms with E-state index in [0.717, 1.165) is 17.7 Å². The number of para-hydroxylation sites is 1. The molecule has 150 valence electrons. The van der Waals surface area contributed by atoms with Gasteiger partial charge in [0.05, 0.1) is 6.54 Å². The van der Waals surface area contributed by atoms with Gasteiger partial charge in [0.1, 0.15) is 5.60 Å². The zero-order valence-electron chi connectivity index (χ0n) is 17.2. The molecule has 1 aliphatic carbocycles. The minimum atomic E-state index is -0.529. The van der Waals surface area contributed by atoms with Gasteiger partial charge in [0.25, 0.3) is 0 Å². The lowest BCUT2D eigenvalue weighted by Crippen LogP contribution is -2.36. The van der Waals surface area contributed by atoms with E-state index in [1.165, 1.54) is 25.7 Å². The molecule has 5 heteroatoms. The number of hydrogen-bond donors (Lipinski definition) is 1. The molecule has 0 unspecified atom stereocenters. The molecule has 1 aliphatic rings. The molecule has 0 heterocycles. The van der Waals surface area contributed by atoms with Crippen LogP contribution in [0.3, 0.4) is 0 Å². The molecule has 2 rings (SSSR count). The van der Waals surface area contributed by atoms with E-state index in [9.17, 15) is 9.59 Å². The summed E-state index contributed by atoms with van der Waals surface area (Å²) in [6.07, 6.45) is 6.29. The van der Waals surface area contributed by atoms with Crippen LogP contribution in [0.5, 0.6) is 0 Å². The average Bonchev–Trinajstić information content (AvgIpc) is 3.11. The molecule has 0 spiro atoms. The van der Waals surface area contributed by atoms with Crippen molar-refractivity contribution in [1.29, 1.82) is 0 Å². The maximum Gasteiger partial charge on any atom is 0.410 e. The van der Waals surface area contributed by atoms with Crippen molar-refractivity contribution in [2.75, 3.05) is 11.9 Å². The van der Waals surface area contributed by atoms with Gasteiger partial charge < -0.3 is 15.0 Å². The first kappa shape index (κ1) is 21.3. The second-order valence-corrected chi connectivity index (χ2v) is 8.39. The molecule has 2 amide bonds. The van der Waals surface area contributed by atoms with Gasteiger partial charge in [0, 0.05) is 18.7 Å². The summed E-state index contributed by atoms with van der Waals surface area (Å²) in [5.74, 6) is 0.753. The van der Waals surface area contributed by atoms with E-state index in [2.05, 4.69) is 5.32 Å². The van der Waals surface area contributed by atoms with Crippen LogP contribution in [-0.4, -0.2) is 29.0 Å². The molecule has 1 aromatic rings. The predicted octanol–water partition coefficient (Wildman–Crippen LogP) is 5.35. The predicted molar refractivity (Wildman–Crippen MR) is 109 cm³/mol. The molecule has 0 atom stereocenters. The minimum absolute atomic E-state index is 0.0506. The summed E-state index contributed by atoms with van der Waals surface area (Å²) < 4.78 is 5.48. The number of ether oxygens (including phenoxy) is 1. The van der Waals surface area contributed by atoms with Crippen LogP contribution in [0.2, 0.25) is 0 Å². The van der Waals surface area contributed by atoms with E-state index < -0.39 is 5.60 Å². The van der Waals surface area contributed by atoms with Gasteiger partial charge in [0.15, 0.2) is 0 Å². The lowest BCUT2D eigenvalue weighted by molar-refractivity contribution is -0.116. The number of benzene rings is 1. The number of carbonyl (C=O) groups excluding carboxylic acids is 2. The summed E-state index contributed by atoms with van der Waals surface area (Å²) in [5, 5.41) is 3.03. The van der Waals surface area contributed by atoms with Crippen molar-refractivity contribution >= 4 is 17.7 Å². The lowest BCUT2D eigenvalue weighted by Gasteiger charge is -2.27. The van der Waals surface area contributed by atoms with Gasteiger partial charge in [-0.05, 0) is 51.7 Å². The zero-order chi connectivity index (χ0) is 19.9. The van der Waals surface area contributed by atoms with Crippen molar-refractivity contribution in [2.24, 2.45) is 5.92 Å². The average molecular weight is 375 g/mol. The third kappa shape index (κ3) is 7.24. The molecule has 0 aromatic heterocycles. The molecule has 5 nitrogen and oxygen atoms in total. The van der Waals surface area contributed by atoms with Crippen LogP contribution in [0.1, 0.15) is 71.8 Å². The van der Waals surface area contributed by atoms with Crippen LogP contribution in [-0.2, 0) is 16.1 Å². The van der Waals surface area contributed by atoms with Crippen molar-refractivity contribution < 1.29 is 14.3 Å². The van der Waals surface area contributed by atoms with Crippen LogP contribution in [0.4, 0.5) is 10.5 Å². The number of anilines is 1. The maximum absolute atomic E-state index is 12.4. The summed E-state index contributed by atoms with van der Waals surface area (Å²) in [5.41, 5.74) is 1.16. The molecule has 0 aliphatic heterocycles. The topological polar surface area (TPSA) is 58.6 Å². The van der Waals surface area contributed by atoms with Crippen molar-refractivity contribution in [3.63, 3.8) is 0 Å². The van der Waals surface area contributed by atoms with E-state index >= 15 is 0 Å². The van der Waals surface area contributed by atoms with Crippen molar-refractivity contribution in [2.45, 2.75) is 78.4 Å². The normalized spacial score (nSPS) is 14.8. The first-order chi connectivity index (χ1) is 12.8. The van der Waals surface area contributed by atoms with E-state index in [0.29, 0.717) is 25.4 Å². The highest BCUT2D eigenvalue weighted by atomic mass is 16.6. The van der Waals surface area contributed by atoms with Gasteiger partial charge in [-0.15, -0.1) is 0 Å². The fraction of sp³-hybridized carbons (Fsp3) is 0.636. The Hall–Kier alpha value is -2.04. The van der Waals surface area contributed by atoms with Crippen LogP contribution in [0, 0.1) is 5.92 Å². The Balaban J connectivity index is 1.96. The standard InChI is InChI=1S/C22H34N2O3/c1-5-24(21(26)27-22(2,3)4)16-18-12-8-9-13-19(18)23-20(25)15-14-17-10-6-7-11-17/h8-9,12-13,17H,5-7,10-11,14-16H2,1-4H3,(H,23,25). The fourth-order valence-corrected chi connectivity index (χ4v) is 3.46. The second kappa shape index (κ2) is 9.77. The monoisotopic (exact) mass is 374 g/mol. The molecule has 0 bridgehead atoms. The van der Waals surface area contributed by atoms with Gasteiger partial charge in [-0.1, -0.05) is 43.9 Å². The van der Waals surface area contributed by atoms with Crippen LogP contribution in [0.25, 0.3) is 0 Å². The van der Waals surface area contributed by atoms with Crippen molar-refractivity contribution in [3.8, 4) is 0 Å². The molecule has 27 heavy (non-hydrogen) atoms. The van der Waals surface area contributed by atoms with Crippen LogP contribution < -0.4 is 5.32 Å². The first-order valence-corrected chi connectivity index (χ1v) is 10.1. The third-order valence-electron chi connectivity index (χ3n) is 4.94. The Morgan fingerprint density at radius 1 is 1.19 bits per heavy atom. The fourth-order valence-electron chi connectivity index (χ4n) is 3.46. The lowest BCUT2D eigenvalue weighted by atomic mass is 10.0. The number of rotatable bonds is 7. The highest BCUT2D eigenvalue weighted by Crippen LogP contribution is 2.28. The second-order valence-electron chi connectivity index (χ2n) is 8.39. The van der Waals surface area contributed by atoms with Crippen molar-refractivity contribution in [1.82, 2.24) is 4.90 Å².